The molecule has 1 aromatic rings. The standard InChI is InChI=1S/C15H19N3O4/c19-14(11-18-7-10-22-15(18)20)16-12-3-1-2-4-13(12)17-5-8-21-9-6-17/h1-4H,5-11H2,(H,16,19). The van der Waals surface area contributed by atoms with Crippen LogP contribution >= 0.6 is 0 Å². The molecule has 2 heterocycles. The molecule has 7 heteroatoms. The summed E-state index contributed by atoms with van der Waals surface area (Å²) < 4.78 is 10.2. The number of hydrogen-bond donors (Lipinski definition) is 1. The molecule has 2 amide bonds. The second-order valence-electron chi connectivity index (χ2n) is 5.20. The van der Waals surface area contributed by atoms with Gasteiger partial charge in [0.2, 0.25) is 5.91 Å². The first kappa shape index (κ1) is 14.6. The molecule has 0 bridgehead atoms. The van der Waals surface area contributed by atoms with Crippen molar-refractivity contribution >= 4 is 23.4 Å². The third kappa shape index (κ3) is 3.30. The zero-order chi connectivity index (χ0) is 15.4. The zero-order valence-corrected chi connectivity index (χ0v) is 12.3. The molecule has 1 N–H and O–H groups in total. The number of cyclic esters (lactones) is 1. The van der Waals surface area contributed by atoms with E-state index in [-0.39, 0.29) is 12.5 Å². The number of nitrogens with one attached hydrogen (secondary N) is 1. The lowest BCUT2D eigenvalue weighted by atomic mass is 10.2. The normalized spacial score (nSPS) is 18.3. The SMILES string of the molecule is O=C(CN1CCOC1=O)Nc1ccccc1N1CCOCC1. The fraction of sp³-hybridized carbons (Fsp3) is 0.467. The Morgan fingerprint density at radius 1 is 1.14 bits per heavy atom. The van der Waals surface area contributed by atoms with Crippen LogP contribution in [0.15, 0.2) is 24.3 Å². The van der Waals surface area contributed by atoms with E-state index >= 15 is 0 Å². The van der Waals surface area contributed by atoms with Crippen LogP contribution in [-0.4, -0.2) is 62.9 Å². The number of morpholine rings is 1. The molecule has 0 radical (unpaired) electrons. The highest BCUT2D eigenvalue weighted by Gasteiger charge is 2.24. The van der Waals surface area contributed by atoms with E-state index in [1.54, 1.807) is 0 Å². The van der Waals surface area contributed by atoms with Gasteiger partial charge in [0.05, 0.1) is 31.1 Å². The molecule has 118 valence electrons. The van der Waals surface area contributed by atoms with E-state index in [0.29, 0.717) is 26.4 Å². The van der Waals surface area contributed by atoms with Gasteiger partial charge in [-0.1, -0.05) is 12.1 Å². The Hall–Kier alpha value is -2.28. The van der Waals surface area contributed by atoms with Crippen molar-refractivity contribution in [2.45, 2.75) is 0 Å². The second kappa shape index (κ2) is 6.65. The monoisotopic (exact) mass is 305 g/mol. The molecule has 1 aromatic carbocycles. The molecule has 2 aliphatic rings. The van der Waals surface area contributed by atoms with Gasteiger partial charge in [0.1, 0.15) is 13.2 Å². The predicted octanol–water partition coefficient (Wildman–Crippen LogP) is 0.914. The Morgan fingerprint density at radius 2 is 1.91 bits per heavy atom. The number of benzene rings is 1. The van der Waals surface area contributed by atoms with Gasteiger partial charge in [-0.25, -0.2) is 4.79 Å². The molecule has 0 aromatic heterocycles. The number of hydrogen-bond acceptors (Lipinski definition) is 5. The highest BCUT2D eigenvalue weighted by molar-refractivity contribution is 5.97. The molecular formula is C15H19N3O4. The minimum absolute atomic E-state index is 0.0102. The highest BCUT2D eigenvalue weighted by atomic mass is 16.6. The number of rotatable bonds is 4. The maximum atomic E-state index is 12.1. The van der Waals surface area contributed by atoms with Crippen molar-refractivity contribution in [3.05, 3.63) is 24.3 Å². The second-order valence-corrected chi connectivity index (χ2v) is 5.20. The Kier molecular flexibility index (Phi) is 4.43. The van der Waals surface area contributed by atoms with Crippen molar-refractivity contribution in [1.29, 1.82) is 0 Å². The molecule has 7 nitrogen and oxygen atoms in total. The van der Waals surface area contributed by atoms with Crippen molar-refractivity contribution in [3.63, 3.8) is 0 Å². The van der Waals surface area contributed by atoms with E-state index in [9.17, 15) is 9.59 Å². The van der Waals surface area contributed by atoms with Gasteiger partial charge in [-0.15, -0.1) is 0 Å². The third-order valence-corrected chi connectivity index (χ3v) is 3.71. The molecule has 0 atom stereocenters. The van der Waals surface area contributed by atoms with Crippen LogP contribution in [-0.2, 0) is 14.3 Å². The fourth-order valence-corrected chi connectivity index (χ4v) is 2.59. The summed E-state index contributed by atoms with van der Waals surface area (Å²) in [6, 6.07) is 7.66. The van der Waals surface area contributed by atoms with E-state index < -0.39 is 6.09 Å². The number of nitrogens with zero attached hydrogens (tertiary/aromatic N) is 2. The summed E-state index contributed by atoms with van der Waals surface area (Å²) in [7, 11) is 0. The van der Waals surface area contributed by atoms with Crippen LogP contribution in [0.1, 0.15) is 0 Å². The number of anilines is 2. The number of carbonyl (C=O) groups is 2. The minimum atomic E-state index is -0.434. The van der Waals surface area contributed by atoms with E-state index in [1.165, 1.54) is 4.90 Å². The van der Waals surface area contributed by atoms with Gasteiger partial charge in [0, 0.05) is 13.1 Å². The smallest absolute Gasteiger partial charge is 0.410 e. The molecule has 0 spiro atoms. The van der Waals surface area contributed by atoms with Gasteiger partial charge in [0.25, 0.3) is 0 Å². The van der Waals surface area contributed by atoms with Crippen molar-refractivity contribution in [3.8, 4) is 0 Å². The summed E-state index contributed by atoms with van der Waals surface area (Å²) in [5, 5.41) is 2.88. The van der Waals surface area contributed by atoms with Crippen LogP contribution < -0.4 is 10.2 Å². The summed E-state index contributed by atoms with van der Waals surface area (Å²) in [5.41, 5.74) is 1.73. The van der Waals surface area contributed by atoms with Crippen LogP contribution in [0.3, 0.4) is 0 Å². The van der Waals surface area contributed by atoms with Gasteiger partial charge in [-0.2, -0.15) is 0 Å². The summed E-state index contributed by atoms with van der Waals surface area (Å²) in [6.45, 7) is 3.77. The summed E-state index contributed by atoms with van der Waals surface area (Å²) in [4.78, 5) is 27.1. The van der Waals surface area contributed by atoms with E-state index in [2.05, 4.69) is 10.2 Å². The van der Waals surface area contributed by atoms with Gasteiger partial charge in [0.15, 0.2) is 0 Å². The van der Waals surface area contributed by atoms with Gasteiger partial charge in [-0.05, 0) is 12.1 Å². The number of amides is 2. The highest BCUT2D eigenvalue weighted by Crippen LogP contribution is 2.26. The Labute approximate surface area is 128 Å². The zero-order valence-electron chi connectivity index (χ0n) is 12.3. The first-order valence-electron chi connectivity index (χ1n) is 7.37. The lowest BCUT2D eigenvalue weighted by molar-refractivity contribution is -0.116. The maximum Gasteiger partial charge on any atom is 0.410 e. The first-order chi connectivity index (χ1) is 10.7. The first-order valence-corrected chi connectivity index (χ1v) is 7.37. The average Bonchev–Trinajstić information content (AvgIpc) is 2.94. The van der Waals surface area contributed by atoms with Crippen LogP contribution in [0.5, 0.6) is 0 Å². The number of para-hydroxylation sites is 2. The molecule has 0 unspecified atom stereocenters. The molecule has 2 saturated heterocycles. The predicted molar refractivity (Wildman–Crippen MR) is 81.0 cm³/mol. The van der Waals surface area contributed by atoms with Crippen molar-refractivity contribution in [2.75, 3.05) is 56.2 Å². The molecular weight excluding hydrogens is 286 g/mol. The van der Waals surface area contributed by atoms with Crippen LogP contribution in [0, 0.1) is 0 Å². The van der Waals surface area contributed by atoms with Crippen molar-refractivity contribution in [1.82, 2.24) is 4.90 Å². The fourth-order valence-electron chi connectivity index (χ4n) is 2.59. The van der Waals surface area contributed by atoms with Crippen LogP contribution in [0.4, 0.5) is 16.2 Å². The van der Waals surface area contributed by atoms with Crippen molar-refractivity contribution < 1.29 is 19.1 Å². The molecule has 22 heavy (non-hydrogen) atoms. The third-order valence-electron chi connectivity index (χ3n) is 3.71. The molecule has 2 fully saturated rings. The van der Waals surface area contributed by atoms with Gasteiger partial charge >= 0.3 is 6.09 Å². The largest absolute Gasteiger partial charge is 0.448 e. The summed E-state index contributed by atoms with van der Waals surface area (Å²) in [6.07, 6.45) is -0.434. The van der Waals surface area contributed by atoms with Crippen LogP contribution in [0.25, 0.3) is 0 Å². The average molecular weight is 305 g/mol. The van der Waals surface area contributed by atoms with Gasteiger partial charge < -0.3 is 19.7 Å². The Balaban J connectivity index is 1.66. The Bertz CT molecular complexity index is 557. The van der Waals surface area contributed by atoms with E-state index in [4.69, 9.17) is 9.47 Å². The number of ether oxygens (including phenoxy) is 2. The van der Waals surface area contributed by atoms with E-state index in [0.717, 1.165) is 24.5 Å². The maximum absolute atomic E-state index is 12.1. The number of carbonyl (C=O) groups excluding carboxylic acids is 2. The molecule has 0 saturated carbocycles. The molecule has 2 aliphatic heterocycles. The summed E-state index contributed by atoms with van der Waals surface area (Å²) in [5.74, 6) is -0.223. The van der Waals surface area contributed by atoms with Gasteiger partial charge in [-0.3, -0.25) is 9.69 Å². The quantitative estimate of drug-likeness (QED) is 0.895. The minimum Gasteiger partial charge on any atom is -0.448 e. The lowest BCUT2D eigenvalue weighted by Crippen LogP contribution is -2.37. The lowest BCUT2D eigenvalue weighted by Gasteiger charge is -2.30. The van der Waals surface area contributed by atoms with E-state index in [1.807, 2.05) is 24.3 Å². The van der Waals surface area contributed by atoms with Crippen LogP contribution in [0.2, 0.25) is 0 Å². The van der Waals surface area contributed by atoms with Crippen molar-refractivity contribution in [2.24, 2.45) is 0 Å². The Morgan fingerprint density at radius 3 is 2.64 bits per heavy atom. The molecule has 0 aliphatic carbocycles. The summed E-state index contributed by atoms with van der Waals surface area (Å²) >= 11 is 0. The molecule has 3 rings (SSSR count). The topological polar surface area (TPSA) is 71.1 Å².